The number of tetrazole rings is 1. The lowest BCUT2D eigenvalue weighted by Gasteiger charge is -2.16. The molecule has 102 valence electrons. The van der Waals surface area contributed by atoms with Gasteiger partial charge in [0.05, 0.1) is 12.6 Å². The number of hydrogen-bond acceptors (Lipinski definition) is 6. The van der Waals surface area contributed by atoms with Gasteiger partial charge < -0.3 is 16.2 Å². The lowest BCUT2D eigenvalue weighted by Crippen LogP contribution is -2.17. The second-order valence-corrected chi connectivity index (χ2v) is 4.31. The van der Waals surface area contributed by atoms with E-state index in [1.165, 1.54) is 0 Å². The van der Waals surface area contributed by atoms with Crippen molar-refractivity contribution in [2.45, 2.75) is 19.4 Å². The molecule has 0 saturated heterocycles. The Balaban J connectivity index is 2.43. The van der Waals surface area contributed by atoms with Gasteiger partial charge in [0.15, 0.2) is 5.82 Å². The van der Waals surface area contributed by atoms with Crippen LogP contribution >= 0.6 is 0 Å². The molecular formula is C12H18N6O. The molecule has 1 atom stereocenters. The molecular weight excluding hydrogens is 244 g/mol. The molecule has 0 aliphatic heterocycles. The van der Waals surface area contributed by atoms with Crippen LogP contribution in [0.1, 0.15) is 19.4 Å². The number of nitrogen functional groups attached to an aromatic ring is 2. The normalized spacial score (nSPS) is 12.5. The lowest BCUT2D eigenvalue weighted by atomic mass is 10.1. The van der Waals surface area contributed by atoms with E-state index in [9.17, 15) is 0 Å². The number of benzene rings is 1. The van der Waals surface area contributed by atoms with Crippen LogP contribution in [0.4, 0.5) is 11.4 Å². The number of nitrogens with zero attached hydrogens (tertiary/aromatic N) is 4. The molecule has 4 N–H and O–H groups in total. The number of rotatable bonds is 5. The van der Waals surface area contributed by atoms with E-state index in [1.54, 1.807) is 23.9 Å². The van der Waals surface area contributed by atoms with E-state index in [0.29, 0.717) is 23.8 Å². The maximum atomic E-state index is 5.98. The van der Waals surface area contributed by atoms with Crippen molar-refractivity contribution in [1.82, 2.24) is 20.2 Å². The number of methoxy groups -OCH3 is 1. The van der Waals surface area contributed by atoms with Crippen LogP contribution in [0.15, 0.2) is 18.2 Å². The van der Waals surface area contributed by atoms with Crippen molar-refractivity contribution in [2.24, 2.45) is 0 Å². The van der Waals surface area contributed by atoms with Crippen molar-refractivity contribution in [3.05, 3.63) is 18.2 Å². The van der Waals surface area contributed by atoms with E-state index < -0.39 is 0 Å². The molecule has 0 saturated carbocycles. The highest BCUT2D eigenvalue weighted by Crippen LogP contribution is 2.27. The molecule has 0 bridgehead atoms. The first-order valence-electron chi connectivity index (χ1n) is 6.09. The van der Waals surface area contributed by atoms with Crippen molar-refractivity contribution >= 4 is 11.4 Å². The molecule has 2 aromatic rings. The smallest absolute Gasteiger partial charge is 0.184 e. The maximum absolute atomic E-state index is 5.98. The molecule has 0 aliphatic carbocycles. The minimum atomic E-state index is 0.0759. The van der Waals surface area contributed by atoms with Gasteiger partial charge in [0.2, 0.25) is 0 Å². The monoisotopic (exact) mass is 262 g/mol. The van der Waals surface area contributed by atoms with Gasteiger partial charge in [0, 0.05) is 24.0 Å². The van der Waals surface area contributed by atoms with E-state index >= 15 is 0 Å². The van der Waals surface area contributed by atoms with E-state index in [4.69, 9.17) is 16.2 Å². The average Bonchev–Trinajstić information content (AvgIpc) is 2.85. The fourth-order valence-corrected chi connectivity index (χ4v) is 1.96. The van der Waals surface area contributed by atoms with Crippen LogP contribution in [-0.4, -0.2) is 33.9 Å². The summed E-state index contributed by atoms with van der Waals surface area (Å²) in [6, 6.07) is 5.38. The fraction of sp³-hybridized carbons (Fsp3) is 0.417. The Labute approximate surface area is 111 Å². The molecule has 1 heterocycles. The first kappa shape index (κ1) is 13.3. The predicted octanol–water partition coefficient (Wildman–Crippen LogP) is 1.10. The Kier molecular flexibility index (Phi) is 3.96. The molecule has 2 rings (SSSR count). The van der Waals surface area contributed by atoms with Crippen LogP contribution in [0.25, 0.3) is 11.4 Å². The van der Waals surface area contributed by atoms with E-state index in [0.717, 1.165) is 12.0 Å². The molecule has 1 aromatic carbocycles. The molecule has 19 heavy (non-hydrogen) atoms. The summed E-state index contributed by atoms with van der Waals surface area (Å²) in [5.41, 5.74) is 13.6. The Morgan fingerprint density at radius 3 is 2.79 bits per heavy atom. The highest BCUT2D eigenvalue weighted by Gasteiger charge is 2.18. The van der Waals surface area contributed by atoms with Crippen molar-refractivity contribution < 1.29 is 4.74 Å². The zero-order valence-electron chi connectivity index (χ0n) is 11.1. The second kappa shape index (κ2) is 5.66. The molecule has 0 aliphatic rings. The Morgan fingerprint density at radius 2 is 2.16 bits per heavy atom. The number of ether oxygens (including phenoxy) is 1. The highest BCUT2D eigenvalue weighted by molar-refractivity contribution is 5.74. The summed E-state index contributed by atoms with van der Waals surface area (Å²) in [7, 11) is 1.66. The first-order chi connectivity index (χ1) is 9.17. The zero-order chi connectivity index (χ0) is 13.8. The van der Waals surface area contributed by atoms with E-state index in [1.807, 2.05) is 6.07 Å². The van der Waals surface area contributed by atoms with Gasteiger partial charge in [-0.3, -0.25) is 0 Å². The van der Waals surface area contributed by atoms with Crippen LogP contribution in [-0.2, 0) is 4.74 Å². The Hall–Kier alpha value is -2.15. The van der Waals surface area contributed by atoms with Crippen LogP contribution in [0.3, 0.4) is 0 Å². The standard InChI is InChI=1S/C12H18N6O/c1-3-9(7-19-2)18-12(15-16-17-18)10-5-4-8(13)6-11(10)14/h4-6,9H,3,7,13-14H2,1-2H3. The molecule has 0 amide bonds. The summed E-state index contributed by atoms with van der Waals surface area (Å²) < 4.78 is 6.93. The molecule has 1 aromatic heterocycles. The van der Waals surface area contributed by atoms with Crippen LogP contribution in [0.5, 0.6) is 0 Å². The molecule has 0 spiro atoms. The summed E-state index contributed by atoms with van der Waals surface area (Å²) in [6.07, 6.45) is 0.862. The van der Waals surface area contributed by atoms with Gasteiger partial charge in [-0.1, -0.05) is 6.92 Å². The van der Waals surface area contributed by atoms with Gasteiger partial charge >= 0.3 is 0 Å². The third-order valence-corrected chi connectivity index (χ3v) is 2.99. The van der Waals surface area contributed by atoms with Crippen LogP contribution < -0.4 is 11.5 Å². The highest BCUT2D eigenvalue weighted by atomic mass is 16.5. The van der Waals surface area contributed by atoms with Gasteiger partial charge in [0.1, 0.15) is 0 Å². The average molecular weight is 262 g/mol. The molecule has 1 unspecified atom stereocenters. The Bertz CT molecular complexity index is 553. The fourth-order valence-electron chi connectivity index (χ4n) is 1.96. The number of anilines is 2. The summed E-state index contributed by atoms with van der Waals surface area (Å²) in [4.78, 5) is 0. The number of aromatic nitrogens is 4. The van der Waals surface area contributed by atoms with Crippen molar-refractivity contribution in [3.63, 3.8) is 0 Å². The third kappa shape index (κ3) is 2.65. The topological polar surface area (TPSA) is 105 Å². The molecule has 0 radical (unpaired) electrons. The summed E-state index contributed by atoms with van der Waals surface area (Å²) in [5, 5.41) is 11.8. The SMILES string of the molecule is CCC(COC)n1nnnc1-c1ccc(N)cc1N. The number of hydrogen-bond donors (Lipinski definition) is 2. The van der Waals surface area contributed by atoms with Gasteiger partial charge in [-0.2, -0.15) is 0 Å². The van der Waals surface area contributed by atoms with E-state index in [2.05, 4.69) is 22.4 Å². The van der Waals surface area contributed by atoms with Gasteiger partial charge in [-0.25, -0.2) is 4.68 Å². The van der Waals surface area contributed by atoms with E-state index in [-0.39, 0.29) is 6.04 Å². The largest absolute Gasteiger partial charge is 0.399 e. The lowest BCUT2D eigenvalue weighted by molar-refractivity contribution is 0.147. The minimum absolute atomic E-state index is 0.0759. The zero-order valence-corrected chi connectivity index (χ0v) is 11.1. The number of nitrogens with two attached hydrogens (primary N) is 2. The van der Waals surface area contributed by atoms with Crippen LogP contribution in [0.2, 0.25) is 0 Å². The quantitative estimate of drug-likeness (QED) is 0.782. The Morgan fingerprint density at radius 1 is 1.37 bits per heavy atom. The third-order valence-electron chi connectivity index (χ3n) is 2.99. The van der Waals surface area contributed by atoms with Crippen molar-refractivity contribution in [3.8, 4) is 11.4 Å². The second-order valence-electron chi connectivity index (χ2n) is 4.31. The summed E-state index contributed by atoms with van der Waals surface area (Å²) >= 11 is 0. The maximum Gasteiger partial charge on any atom is 0.184 e. The molecule has 0 fully saturated rings. The van der Waals surface area contributed by atoms with Crippen molar-refractivity contribution in [1.29, 1.82) is 0 Å². The summed E-state index contributed by atoms with van der Waals surface area (Å²) in [5.74, 6) is 0.626. The molecule has 7 nitrogen and oxygen atoms in total. The minimum Gasteiger partial charge on any atom is -0.399 e. The van der Waals surface area contributed by atoms with Gasteiger partial charge in [-0.05, 0) is 35.0 Å². The predicted molar refractivity (Wildman–Crippen MR) is 73.3 cm³/mol. The molecule has 7 heteroatoms. The van der Waals surface area contributed by atoms with Crippen LogP contribution in [0, 0.1) is 0 Å². The van der Waals surface area contributed by atoms with Crippen molar-refractivity contribution in [2.75, 3.05) is 25.2 Å². The summed E-state index contributed by atoms with van der Waals surface area (Å²) in [6.45, 7) is 2.60. The first-order valence-corrected chi connectivity index (χ1v) is 6.09. The van der Waals surface area contributed by atoms with Gasteiger partial charge in [-0.15, -0.1) is 5.10 Å². The van der Waals surface area contributed by atoms with Gasteiger partial charge in [0.25, 0.3) is 0 Å².